The fourth-order valence-corrected chi connectivity index (χ4v) is 4.14. The second-order valence-electron chi connectivity index (χ2n) is 7.90. The standard InChI is InChI=1S/C24H27FN6O6S/c1-26-24(33)16-12-28-21(31-20-8-6-15(25)11-27-20)10-18(16)30-17-7-5-14(9-19(17)38(4,34)35)23(32)29-13-22(36-2)37-3/h5-12,22H,13H2,1-4H3,(H,26,33)(H,29,32)(H2,27,28,30,31). The summed E-state index contributed by atoms with van der Waals surface area (Å²) in [6.07, 6.45) is 2.65. The van der Waals surface area contributed by atoms with Crippen LogP contribution in [0.3, 0.4) is 0 Å². The SMILES string of the molecule is CNC(=O)c1cnc(Nc2ccc(F)cn2)cc1Nc1ccc(C(=O)NCC(OC)OC)cc1S(C)(=O)=O. The molecule has 0 fully saturated rings. The number of halogens is 1. The van der Waals surface area contributed by atoms with Crippen LogP contribution in [0.25, 0.3) is 0 Å². The van der Waals surface area contributed by atoms with Crippen LogP contribution in [0.15, 0.2) is 53.7 Å². The molecule has 38 heavy (non-hydrogen) atoms. The van der Waals surface area contributed by atoms with Crippen LogP contribution in [0, 0.1) is 5.82 Å². The number of carbonyl (C=O) groups excluding carboxylic acids is 2. The van der Waals surface area contributed by atoms with Crippen LogP contribution < -0.4 is 21.3 Å². The van der Waals surface area contributed by atoms with Crippen molar-refractivity contribution in [3.63, 3.8) is 0 Å². The van der Waals surface area contributed by atoms with E-state index in [-0.39, 0.29) is 39.8 Å². The molecule has 4 N–H and O–H groups in total. The van der Waals surface area contributed by atoms with Gasteiger partial charge in [-0.25, -0.2) is 22.8 Å². The van der Waals surface area contributed by atoms with E-state index >= 15 is 0 Å². The molecule has 0 aliphatic heterocycles. The molecule has 2 amide bonds. The lowest BCUT2D eigenvalue weighted by Crippen LogP contribution is -2.34. The molecule has 0 spiro atoms. The van der Waals surface area contributed by atoms with Crippen molar-refractivity contribution in [3.8, 4) is 0 Å². The van der Waals surface area contributed by atoms with Crippen molar-refractivity contribution >= 4 is 44.7 Å². The van der Waals surface area contributed by atoms with Crippen molar-refractivity contribution in [2.24, 2.45) is 0 Å². The van der Waals surface area contributed by atoms with E-state index in [4.69, 9.17) is 9.47 Å². The highest BCUT2D eigenvalue weighted by molar-refractivity contribution is 7.90. The molecule has 0 aliphatic carbocycles. The first-order valence-corrected chi connectivity index (χ1v) is 13.0. The molecular formula is C24H27FN6O6S. The number of anilines is 4. The maximum Gasteiger partial charge on any atom is 0.254 e. The lowest BCUT2D eigenvalue weighted by molar-refractivity contribution is -0.0974. The number of rotatable bonds is 11. The number of benzene rings is 1. The summed E-state index contributed by atoms with van der Waals surface area (Å²) in [5.74, 6) is -0.970. The molecule has 0 aliphatic rings. The predicted molar refractivity (Wildman–Crippen MR) is 138 cm³/mol. The molecule has 202 valence electrons. The van der Waals surface area contributed by atoms with Gasteiger partial charge in [-0.1, -0.05) is 0 Å². The summed E-state index contributed by atoms with van der Waals surface area (Å²) in [5, 5.41) is 11.0. The molecule has 0 bridgehead atoms. The highest BCUT2D eigenvalue weighted by Gasteiger charge is 2.20. The fourth-order valence-electron chi connectivity index (χ4n) is 3.28. The van der Waals surface area contributed by atoms with Gasteiger partial charge in [0.15, 0.2) is 16.1 Å². The Morgan fingerprint density at radius 3 is 2.26 bits per heavy atom. The van der Waals surface area contributed by atoms with E-state index in [0.29, 0.717) is 5.82 Å². The Morgan fingerprint density at radius 2 is 1.66 bits per heavy atom. The van der Waals surface area contributed by atoms with Gasteiger partial charge in [-0.15, -0.1) is 0 Å². The molecule has 2 heterocycles. The van der Waals surface area contributed by atoms with Crippen LogP contribution in [0.2, 0.25) is 0 Å². The van der Waals surface area contributed by atoms with Gasteiger partial charge in [0.2, 0.25) is 0 Å². The zero-order chi connectivity index (χ0) is 27.9. The first-order chi connectivity index (χ1) is 18.0. The van der Waals surface area contributed by atoms with Gasteiger partial charge in [0.1, 0.15) is 17.5 Å². The second-order valence-corrected chi connectivity index (χ2v) is 9.88. The van der Waals surface area contributed by atoms with Crippen LogP contribution >= 0.6 is 0 Å². The highest BCUT2D eigenvalue weighted by Crippen LogP contribution is 2.30. The molecule has 14 heteroatoms. The Balaban J connectivity index is 1.97. The summed E-state index contributed by atoms with van der Waals surface area (Å²) < 4.78 is 48.5. The molecule has 2 aromatic heterocycles. The number of hydrogen-bond acceptors (Lipinski definition) is 10. The van der Waals surface area contributed by atoms with Crippen LogP contribution in [0.5, 0.6) is 0 Å². The summed E-state index contributed by atoms with van der Waals surface area (Å²) in [7, 11) is 0.462. The van der Waals surface area contributed by atoms with Gasteiger partial charge in [-0.3, -0.25) is 9.59 Å². The molecule has 0 saturated carbocycles. The van der Waals surface area contributed by atoms with E-state index in [2.05, 4.69) is 31.2 Å². The summed E-state index contributed by atoms with van der Waals surface area (Å²) in [4.78, 5) is 33.0. The maximum atomic E-state index is 13.2. The van der Waals surface area contributed by atoms with Crippen molar-refractivity contribution in [1.82, 2.24) is 20.6 Å². The Bertz CT molecular complexity index is 1410. The quantitative estimate of drug-likeness (QED) is 0.263. The summed E-state index contributed by atoms with van der Waals surface area (Å²) in [6.45, 7) is 0.0469. The Kier molecular flexibility index (Phi) is 9.28. The van der Waals surface area contributed by atoms with Gasteiger partial charge >= 0.3 is 0 Å². The van der Waals surface area contributed by atoms with E-state index in [9.17, 15) is 22.4 Å². The molecule has 0 saturated heterocycles. The van der Waals surface area contributed by atoms with Crippen molar-refractivity contribution < 1.29 is 31.9 Å². The number of methoxy groups -OCH3 is 2. The summed E-state index contributed by atoms with van der Waals surface area (Å²) >= 11 is 0. The van der Waals surface area contributed by atoms with E-state index in [1.54, 1.807) is 0 Å². The van der Waals surface area contributed by atoms with Crippen LogP contribution in [-0.2, 0) is 19.3 Å². The normalized spacial score (nSPS) is 11.2. The minimum absolute atomic E-state index is 0.0469. The number of amides is 2. The van der Waals surface area contributed by atoms with Crippen LogP contribution in [-0.4, -0.2) is 70.6 Å². The predicted octanol–water partition coefficient (Wildman–Crippen LogP) is 2.21. The first kappa shape index (κ1) is 28.4. The van der Waals surface area contributed by atoms with E-state index < -0.39 is 33.8 Å². The van der Waals surface area contributed by atoms with Gasteiger partial charge in [-0.05, 0) is 30.3 Å². The average molecular weight is 547 g/mol. The number of aromatic nitrogens is 2. The van der Waals surface area contributed by atoms with Gasteiger partial charge in [-0.2, -0.15) is 0 Å². The molecular weight excluding hydrogens is 519 g/mol. The second kappa shape index (κ2) is 12.4. The molecule has 3 aromatic rings. The van der Waals surface area contributed by atoms with Gasteiger partial charge in [0.25, 0.3) is 11.8 Å². The largest absolute Gasteiger partial charge is 0.355 e. The maximum absolute atomic E-state index is 13.2. The van der Waals surface area contributed by atoms with Gasteiger partial charge in [0.05, 0.1) is 34.6 Å². The number of pyridine rings is 2. The number of nitrogens with one attached hydrogen (secondary N) is 4. The monoisotopic (exact) mass is 546 g/mol. The topological polar surface area (TPSA) is 161 Å². The Labute approximate surface area is 218 Å². The third-order valence-corrected chi connectivity index (χ3v) is 6.36. The zero-order valence-electron chi connectivity index (χ0n) is 21.0. The minimum atomic E-state index is -3.82. The number of sulfone groups is 1. The third-order valence-electron chi connectivity index (χ3n) is 5.23. The third kappa shape index (κ3) is 7.21. The first-order valence-electron chi connectivity index (χ1n) is 11.1. The molecule has 1 aromatic carbocycles. The van der Waals surface area contributed by atoms with Gasteiger partial charge < -0.3 is 30.7 Å². The molecule has 0 radical (unpaired) electrons. The number of nitrogens with zero attached hydrogens (tertiary/aromatic N) is 2. The van der Waals surface area contributed by atoms with Crippen molar-refractivity contribution in [3.05, 3.63) is 65.7 Å². The molecule has 3 rings (SSSR count). The van der Waals surface area contributed by atoms with Crippen molar-refractivity contribution in [2.45, 2.75) is 11.2 Å². The van der Waals surface area contributed by atoms with Crippen LogP contribution in [0.4, 0.5) is 27.4 Å². The lowest BCUT2D eigenvalue weighted by atomic mass is 10.1. The Morgan fingerprint density at radius 1 is 0.947 bits per heavy atom. The van der Waals surface area contributed by atoms with E-state index in [0.717, 1.165) is 12.5 Å². The van der Waals surface area contributed by atoms with Crippen LogP contribution in [0.1, 0.15) is 20.7 Å². The van der Waals surface area contributed by atoms with Gasteiger partial charge in [0, 0.05) is 45.3 Å². The summed E-state index contributed by atoms with van der Waals surface area (Å²) in [5.41, 5.74) is 0.552. The minimum Gasteiger partial charge on any atom is -0.355 e. The molecule has 0 atom stereocenters. The van der Waals surface area contributed by atoms with E-state index in [1.807, 2.05) is 0 Å². The smallest absolute Gasteiger partial charge is 0.254 e. The van der Waals surface area contributed by atoms with Crippen molar-refractivity contribution in [2.75, 3.05) is 44.7 Å². The highest BCUT2D eigenvalue weighted by atomic mass is 32.2. The summed E-state index contributed by atoms with van der Waals surface area (Å²) in [6, 6.07) is 8.17. The fraction of sp³-hybridized carbons (Fsp3) is 0.250. The Hall–Kier alpha value is -4.14. The lowest BCUT2D eigenvalue weighted by Gasteiger charge is -2.17. The van der Waals surface area contributed by atoms with Crippen molar-refractivity contribution in [1.29, 1.82) is 0 Å². The average Bonchev–Trinajstić information content (AvgIpc) is 2.89. The number of hydrogen-bond donors (Lipinski definition) is 4. The zero-order valence-corrected chi connectivity index (χ0v) is 21.8. The van der Waals surface area contributed by atoms with E-state index in [1.165, 1.54) is 63.9 Å². The molecule has 0 unspecified atom stereocenters. The number of carbonyl (C=O) groups is 2. The number of ether oxygens (including phenoxy) is 2. The molecule has 12 nitrogen and oxygen atoms in total.